The average molecular weight is 587 g/mol. The van der Waals surface area contributed by atoms with E-state index >= 15 is 0 Å². The molecule has 0 amide bonds. The molecule has 3 aromatic heterocycles. The van der Waals surface area contributed by atoms with Crippen molar-refractivity contribution in [1.82, 2.24) is 19.9 Å². The number of hydrogen-bond acceptors (Lipinski definition) is 4. The standard InChI is InChI=1S/C42H26N4/c1-3-12-27(13-4-1)36-26-37(28-14-5-2-6-15-28)45-42(44-36)30-23-21-29(22-24-30)39-41-35(20-11-25-43-41)38-33-18-9-7-16-31(33)32-17-8-10-19-34(32)40(38)46-39/h1-26H. The molecule has 4 nitrogen and oxygen atoms in total. The maximum atomic E-state index is 5.37. The molecule has 0 N–H and O–H groups in total. The molecule has 0 fully saturated rings. The Bertz CT molecular complexity index is 2500. The van der Waals surface area contributed by atoms with E-state index in [1.807, 2.05) is 48.7 Å². The number of pyridine rings is 2. The summed E-state index contributed by atoms with van der Waals surface area (Å²) in [4.78, 5) is 20.3. The molecule has 9 rings (SSSR count). The summed E-state index contributed by atoms with van der Waals surface area (Å²) in [6, 6.07) is 52.3. The van der Waals surface area contributed by atoms with E-state index in [9.17, 15) is 0 Å². The molecule has 0 spiro atoms. The Kier molecular flexibility index (Phi) is 6.10. The summed E-state index contributed by atoms with van der Waals surface area (Å²) >= 11 is 0. The van der Waals surface area contributed by atoms with Gasteiger partial charge in [-0.15, -0.1) is 0 Å². The maximum Gasteiger partial charge on any atom is 0.160 e. The van der Waals surface area contributed by atoms with Gasteiger partial charge in [0.25, 0.3) is 0 Å². The van der Waals surface area contributed by atoms with Crippen LogP contribution in [0.1, 0.15) is 0 Å². The summed E-state index contributed by atoms with van der Waals surface area (Å²) in [5, 5.41) is 6.99. The minimum Gasteiger partial charge on any atom is -0.254 e. The third-order valence-corrected chi connectivity index (χ3v) is 8.71. The first-order valence-corrected chi connectivity index (χ1v) is 15.4. The first-order valence-electron chi connectivity index (χ1n) is 15.4. The Morgan fingerprint density at radius 3 is 1.52 bits per heavy atom. The molecule has 0 saturated heterocycles. The smallest absolute Gasteiger partial charge is 0.160 e. The molecule has 9 aromatic rings. The summed E-state index contributed by atoms with van der Waals surface area (Å²) in [6.07, 6.45) is 1.85. The lowest BCUT2D eigenvalue weighted by Crippen LogP contribution is -1.96. The molecule has 4 heteroatoms. The van der Waals surface area contributed by atoms with Gasteiger partial charge < -0.3 is 0 Å². The number of fused-ring (bicyclic) bond motifs is 8. The van der Waals surface area contributed by atoms with Gasteiger partial charge in [-0.05, 0) is 28.3 Å². The second-order valence-electron chi connectivity index (χ2n) is 11.4. The highest BCUT2D eigenvalue weighted by molar-refractivity contribution is 6.30. The number of nitrogens with zero attached hydrogens (tertiary/aromatic N) is 4. The van der Waals surface area contributed by atoms with Crippen molar-refractivity contribution in [3.05, 3.63) is 158 Å². The molecule has 0 unspecified atom stereocenters. The molecule has 46 heavy (non-hydrogen) atoms. The highest BCUT2D eigenvalue weighted by atomic mass is 14.9. The lowest BCUT2D eigenvalue weighted by molar-refractivity contribution is 1.18. The molecule has 214 valence electrons. The summed E-state index contributed by atoms with van der Waals surface area (Å²) in [7, 11) is 0. The fourth-order valence-corrected chi connectivity index (χ4v) is 6.54. The van der Waals surface area contributed by atoms with Gasteiger partial charge in [-0.3, -0.25) is 4.98 Å². The van der Waals surface area contributed by atoms with Gasteiger partial charge in [0, 0.05) is 44.6 Å². The highest BCUT2D eigenvalue weighted by Crippen LogP contribution is 2.40. The van der Waals surface area contributed by atoms with Crippen LogP contribution in [0, 0.1) is 0 Å². The zero-order valence-electron chi connectivity index (χ0n) is 24.8. The van der Waals surface area contributed by atoms with Gasteiger partial charge in [0.15, 0.2) is 5.82 Å². The number of benzene rings is 6. The van der Waals surface area contributed by atoms with Crippen molar-refractivity contribution in [3.8, 4) is 45.2 Å². The van der Waals surface area contributed by atoms with Crippen LogP contribution in [-0.2, 0) is 0 Å². The van der Waals surface area contributed by atoms with Crippen molar-refractivity contribution >= 4 is 43.4 Å². The fraction of sp³-hybridized carbons (Fsp3) is 0. The average Bonchev–Trinajstić information content (AvgIpc) is 3.15. The van der Waals surface area contributed by atoms with Crippen LogP contribution in [0.5, 0.6) is 0 Å². The van der Waals surface area contributed by atoms with Crippen molar-refractivity contribution in [3.63, 3.8) is 0 Å². The van der Waals surface area contributed by atoms with Crippen LogP contribution in [0.4, 0.5) is 0 Å². The normalized spacial score (nSPS) is 11.5. The highest BCUT2D eigenvalue weighted by Gasteiger charge is 2.17. The maximum absolute atomic E-state index is 5.37. The van der Waals surface area contributed by atoms with Crippen LogP contribution in [0.3, 0.4) is 0 Å². The zero-order valence-corrected chi connectivity index (χ0v) is 24.8. The van der Waals surface area contributed by atoms with E-state index in [1.54, 1.807) is 0 Å². The van der Waals surface area contributed by atoms with Gasteiger partial charge in [-0.2, -0.15) is 0 Å². The van der Waals surface area contributed by atoms with Crippen molar-refractivity contribution in [2.24, 2.45) is 0 Å². The summed E-state index contributed by atoms with van der Waals surface area (Å²) in [6.45, 7) is 0. The second kappa shape index (κ2) is 10.7. The van der Waals surface area contributed by atoms with Crippen LogP contribution in [0.15, 0.2) is 158 Å². The molecule has 0 aliphatic rings. The van der Waals surface area contributed by atoms with Gasteiger partial charge in [-0.25, -0.2) is 15.0 Å². The zero-order chi connectivity index (χ0) is 30.5. The van der Waals surface area contributed by atoms with Crippen molar-refractivity contribution in [2.45, 2.75) is 0 Å². The Morgan fingerprint density at radius 2 is 0.870 bits per heavy atom. The summed E-state index contributed by atoms with van der Waals surface area (Å²) in [5.74, 6) is 0.679. The Hall–Kier alpha value is -6.26. The van der Waals surface area contributed by atoms with E-state index < -0.39 is 0 Å². The molecule has 0 aliphatic heterocycles. The quantitative estimate of drug-likeness (QED) is 0.193. The van der Waals surface area contributed by atoms with Gasteiger partial charge in [0.05, 0.1) is 28.1 Å². The number of aromatic nitrogens is 4. The summed E-state index contributed by atoms with van der Waals surface area (Å²) < 4.78 is 0. The van der Waals surface area contributed by atoms with Gasteiger partial charge in [0.1, 0.15) is 0 Å². The van der Waals surface area contributed by atoms with Crippen LogP contribution in [0.2, 0.25) is 0 Å². The van der Waals surface area contributed by atoms with Crippen molar-refractivity contribution in [2.75, 3.05) is 0 Å². The van der Waals surface area contributed by atoms with Gasteiger partial charge in [0.2, 0.25) is 0 Å². The molecule has 6 aromatic carbocycles. The van der Waals surface area contributed by atoms with Gasteiger partial charge >= 0.3 is 0 Å². The fourth-order valence-electron chi connectivity index (χ4n) is 6.54. The van der Waals surface area contributed by atoms with E-state index in [0.717, 1.165) is 66.5 Å². The molecule has 0 atom stereocenters. The first-order chi connectivity index (χ1) is 22.8. The third kappa shape index (κ3) is 4.31. The minimum absolute atomic E-state index is 0.679. The molecule has 0 radical (unpaired) electrons. The Labute approximate surface area is 265 Å². The molecule has 0 bridgehead atoms. The predicted molar refractivity (Wildman–Crippen MR) is 189 cm³/mol. The number of hydrogen-bond donors (Lipinski definition) is 0. The van der Waals surface area contributed by atoms with E-state index in [2.05, 4.69) is 109 Å². The molecular weight excluding hydrogens is 560 g/mol. The SMILES string of the molecule is c1ccc(-c2cc(-c3ccccc3)nc(-c3ccc(-c4nc5c6ccccc6c6ccccc6c5c5cccnc45)cc3)n2)cc1. The second-order valence-corrected chi connectivity index (χ2v) is 11.4. The van der Waals surface area contributed by atoms with Gasteiger partial charge in [-0.1, -0.05) is 140 Å². The van der Waals surface area contributed by atoms with E-state index in [-0.39, 0.29) is 0 Å². The topological polar surface area (TPSA) is 51.6 Å². The predicted octanol–water partition coefficient (Wildman–Crippen LogP) is 10.5. The third-order valence-electron chi connectivity index (χ3n) is 8.71. The first kappa shape index (κ1) is 26.2. The molecule has 3 heterocycles. The lowest BCUT2D eigenvalue weighted by atomic mass is 9.94. The van der Waals surface area contributed by atoms with Crippen LogP contribution < -0.4 is 0 Å². The van der Waals surface area contributed by atoms with E-state index in [0.29, 0.717) is 5.82 Å². The Balaban J connectivity index is 1.23. The lowest BCUT2D eigenvalue weighted by Gasteiger charge is -2.14. The monoisotopic (exact) mass is 586 g/mol. The van der Waals surface area contributed by atoms with Crippen LogP contribution in [-0.4, -0.2) is 19.9 Å². The van der Waals surface area contributed by atoms with Crippen LogP contribution >= 0.6 is 0 Å². The largest absolute Gasteiger partial charge is 0.254 e. The van der Waals surface area contributed by atoms with E-state index in [1.165, 1.54) is 16.2 Å². The number of rotatable bonds is 4. The molecular formula is C42H26N4. The molecule has 0 aliphatic carbocycles. The summed E-state index contributed by atoms with van der Waals surface area (Å²) in [5.41, 5.74) is 8.55. The van der Waals surface area contributed by atoms with Crippen LogP contribution in [0.25, 0.3) is 88.5 Å². The molecule has 0 saturated carbocycles. The van der Waals surface area contributed by atoms with Crippen molar-refractivity contribution < 1.29 is 0 Å². The minimum atomic E-state index is 0.679. The van der Waals surface area contributed by atoms with Crippen molar-refractivity contribution in [1.29, 1.82) is 0 Å². The Morgan fingerprint density at radius 1 is 0.348 bits per heavy atom. The van der Waals surface area contributed by atoms with E-state index in [4.69, 9.17) is 19.9 Å².